The van der Waals surface area contributed by atoms with Crippen LogP contribution < -0.4 is 11.1 Å². The average molecular weight is 309 g/mol. The van der Waals surface area contributed by atoms with Crippen molar-refractivity contribution in [2.45, 2.75) is 12.6 Å². The number of thioether (sulfide) groups is 1. The fourth-order valence-corrected chi connectivity index (χ4v) is 3.11. The third-order valence-electron chi connectivity index (χ3n) is 3.10. The van der Waals surface area contributed by atoms with E-state index in [1.54, 1.807) is 24.3 Å². The molecule has 1 aromatic carbocycles. The molecule has 1 aromatic rings. The summed E-state index contributed by atoms with van der Waals surface area (Å²) >= 11 is 1.42. The molecule has 1 aliphatic rings. The topological polar surface area (TPSA) is 113 Å². The second kappa shape index (κ2) is 6.49. The molecule has 7 nitrogen and oxygen atoms in total. The number of hydrogen-bond donors (Lipinski definition) is 3. The minimum absolute atomic E-state index is 0.279. The lowest BCUT2D eigenvalue weighted by Gasteiger charge is -2.20. The number of hydrogen-bond acceptors (Lipinski definition) is 4. The molecule has 4 N–H and O–H groups in total. The van der Waals surface area contributed by atoms with Crippen LogP contribution in [0.25, 0.3) is 0 Å². The van der Waals surface area contributed by atoms with Gasteiger partial charge in [-0.2, -0.15) is 0 Å². The van der Waals surface area contributed by atoms with Gasteiger partial charge in [-0.05, 0) is 17.7 Å². The molecule has 0 spiro atoms. The standard InChI is InChI=1S/C13H15N3O4S/c14-13(20)15-5-8-1-3-9(4-2-8)11(17)16-7-21-6-10(16)12(18)19/h1-4,10H,5-7H2,(H,18,19)(H3,14,15,20). The van der Waals surface area contributed by atoms with E-state index in [4.69, 9.17) is 10.8 Å². The zero-order chi connectivity index (χ0) is 15.4. The zero-order valence-corrected chi connectivity index (χ0v) is 11.9. The Morgan fingerprint density at radius 3 is 2.57 bits per heavy atom. The van der Waals surface area contributed by atoms with Crippen LogP contribution in [0.3, 0.4) is 0 Å². The third-order valence-corrected chi connectivity index (χ3v) is 4.11. The third kappa shape index (κ3) is 3.66. The maximum absolute atomic E-state index is 12.3. The highest BCUT2D eigenvalue weighted by Gasteiger charge is 2.34. The van der Waals surface area contributed by atoms with Gasteiger partial charge in [0.05, 0.1) is 5.88 Å². The first kappa shape index (κ1) is 15.2. The van der Waals surface area contributed by atoms with E-state index in [0.717, 1.165) is 5.56 Å². The number of carboxylic acids is 1. The minimum atomic E-state index is -0.990. The van der Waals surface area contributed by atoms with E-state index >= 15 is 0 Å². The molecular formula is C13H15N3O4S. The number of carboxylic acid groups (broad SMARTS) is 1. The number of nitrogens with zero attached hydrogens (tertiary/aromatic N) is 1. The Labute approximate surface area is 125 Å². The Bertz CT molecular complexity index is 561. The van der Waals surface area contributed by atoms with Crippen LogP contribution in [-0.4, -0.2) is 45.6 Å². The highest BCUT2D eigenvalue weighted by atomic mass is 32.2. The summed E-state index contributed by atoms with van der Waals surface area (Å²) in [6.45, 7) is 0.279. The lowest BCUT2D eigenvalue weighted by molar-refractivity contribution is -0.140. The van der Waals surface area contributed by atoms with Crippen LogP contribution in [0.1, 0.15) is 15.9 Å². The molecule has 0 bridgehead atoms. The Morgan fingerprint density at radius 1 is 1.33 bits per heavy atom. The predicted molar refractivity (Wildman–Crippen MR) is 77.8 cm³/mol. The van der Waals surface area contributed by atoms with Crippen LogP contribution in [-0.2, 0) is 11.3 Å². The molecule has 0 aliphatic carbocycles. The van der Waals surface area contributed by atoms with Crippen molar-refractivity contribution in [3.8, 4) is 0 Å². The second-order valence-corrected chi connectivity index (χ2v) is 5.54. The summed E-state index contributed by atoms with van der Waals surface area (Å²) in [6.07, 6.45) is 0. The van der Waals surface area contributed by atoms with Gasteiger partial charge in [-0.15, -0.1) is 11.8 Å². The van der Waals surface area contributed by atoms with Crippen LogP contribution in [0.5, 0.6) is 0 Å². The van der Waals surface area contributed by atoms with Gasteiger partial charge in [-0.1, -0.05) is 12.1 Å². The smallest absolute Gasteiger partial charge is 0.327 e. The SMILES string of the molecule is NC(=O)NCc1ccc(C(=O)N2CSCC2C(=O)O)cc1. The molecule has 1 unspecified atom stereocenters. The van der Waals surface area contributed by atoms with Crippen LogP contribution in [0.15, 0.2) is 24.3 Å². The van der Waals surface area contributed by atoms with E-state index < -0.39 is 18.0 Å². The number of carbonyl (C=O) groups excluding carboxylic acids is 2. The number of benzene rings is 1. The molecule has 1 saturated heterocycles. The highest BCUT2D eigenvalue weighted by molar-refractivity contribution is 7.99. The summed E-state index contributed by atoms with van der Waals surface area (Å²) in [5, 5.41) is 11.5. The number of rotatable bonds is 4. The number of nitrogens with two attached hydrogens (primary N) is 1. The fourth-order valence-electron chi connectivity index (χ4n) is 1.97. The molecule has 3 amide bonds. The summed E-state index contributed by atoms with van der Waals surface area (Å²) < 4.78 is 0. The Morgan fingerprint density at radius 2 is 2.00 bits per heavy atom. The lowest BCUT2D eigenvalue weighted by atomic mass is 10.1. The fraction of sp³-hybridized carbons (Fsp3) is 0.308. The monoisotopic (exact) mass is 309 g/mol. The number of amides is 3. The molecule has 2 rings (SSSR count). The van der Waals surface area contributed by atoms with Gasteiger partial charge in [0.25, 0.3) is 5.91 Å². The largest absolute Gasteiger partial charge is 0.480 e. The quantitative estimate of drug-likeness (QED) is 0.747. The molecule has 1 heterocycles. The molecule has 1 aliphatic heterocycles. The molecule has 0 radical (unpaired) electrons. The summed E-state index contributed by atoms with van der Waals surface area (Å²) in [5.74, 6) is -0.514. The molecule has 8 heteroatoms. The molecule has 0 saturated carbocycles. The van der Waals surface area contributed by atoms with E-state index in [-0.39, 0.29) is 12.5 Å². The predicted octanol–water partition coefficient (Wildman–Crippen LogP) is 0.455. The first-order chi connectivity index (χ1) is 9.99. The van der Waals surface area contributed by atoms with Gasteiger partial charge in [-0.3, -0.25) is 4.79 Å². The van der Waals surface area contributed by atoms with E-state index in [0.29, 0.717) is 17.2 Å². The number of nitrogens with one attached hydrogen (secondary N) is 1. The summed E-state index contributed by atoms with van der Waals surface area (Å²) in [4.78, 5) is 35.4. The van der Waals surface area contributed by atoms with E-state index in [1.165, 1.54) is 16.7 Å². The maximum Gasteiger partial charge on any atom is 0.327 e. The van der Waals surface area contributed by atoms with Gasteiger partial charge in [-0.25, -0.2) is 9.59 Å². The lowest BCUT2D eigenvalue weighted by Crippen LogP contribution is -2.41. The van der Waals surface area contributed by atoms with Crippen molar-refractivity contribution in [3.05, 3.63) is 35.4 Å². The number of urea groups is 1. The minimum Gasteiger partial charge on any atom is -0.480 e. The van der Waals surface area contributed by atoms with E-state index in [1.807, 2.05) is 0 Å². The second-order valence-electron chi connectivity index (χ2n) is 4.54. The molecule has 1 atom stereocenters. The van der Waals surface area contributed by atoms with Crippen LogP contribution in [0.4, 0.5) is 4.79 Å². The Hall–Kier alpha value is -2.22. The van der Waals surface area contributed by atoms with Crippen LogP contribution >= 0.6 is 11.8 Å². The van der Waals surface area contributed by atoms with Gasteiger partial charge in [0.2, 0.25) is 0 Å². The molecule has 112 valence electrons. The Balaban J connectivity index is 2.06. The normalized spacial score (nSPS) is 17.5. The van der Waals surface area contributed by atoms with Gasteiger partial charge >= 0.3 is 12.0 Å². The number of aliphatic carboxylic acids is 1. The van der Waals surface area contributed by atoms with Gasteiger partial charge in [0, 0.05) is 17.9 Å². The average Bonchev–Trinajstić information content (AvgIpc) is 2.94. The first-order valence-electron chi connectivity index (χ1n) is 6.23. The van der Waals surface area contributed by atoms with Crippen LogP contribution in [0.2, 0.25) is 0 Å². The van der Waals surface area contributed by atoms with Gasteiger partial charge in [0.15, 0.2) is 0 Å². The summed E-state index contributed by atoms with van der Waals surface area (Å²) in [7, 11) is 0. The van der Waals surface area contributed by atoms with Crippen molar-refractivity contribution in [1.82, 2.24) is 10.2 Å². The van der Waals surface area contributed by atoms with Crippen molar-refractivity contribution in [2.75, 3.05) is 11.6 Å². The van der Waals surface area contributed by atoms with E-state index in [2.05, 4.69) is 5.32 Å². The first-order valence-corrected chi connectivity index (χ1v) is 7.38. The number of primary amides is 1. The summed E-state index contributed by atoms with van der Waals surface area (Å²) in [6, 6.07) is 5.22. The summed E-state index contributed by atoms with van der Waals surface area (Å²) in [5.41, 5.74) is 6.20. The molecular weight excluding hydrogens is 294 g/mol. The van der Waals surface area contributed by atoms with Gasteiger partial charge in [0.1, 0.15) is 6.04 Å². The maximum atomic E-state index is 12.3. The zero-order valence-electron chi connectivity index (χ0n) is 11.1. The van der Waals surface area contributed by atoms with Gasteiger partial charge < -0.3 is 21.1 Å². The van der Waals surface area contributed by atoms with Crippen molar-refractivity contribution >= 4 is 29.7 Å². The van der Waals surface area contributed by atoms with Crippen molar-refractivity contribution in [3.63, 3.8) is 0 Å². The molecule has 1 fully saturated rings. The van der Waals surface area contributed by atoms with Crippen molar-refractivity contribution < 1.29 is 19.5 Å². The molecule has 21 heavy (non-hydrogen) atoms. The molecule has 0 aromatic heterocycles. The van der Waals surface area contributed by atoms with Crippen LogP contribution in [0, 0.1) is 0 Å². The van der Waals surface area contributed by atoms with Crippen molar-refractivity contribution in [1.29, 1.82) is 0 Å². The van der Waals surface area contributed by atoms with Crippen molar-refractivity contribution in [2.24, 2.45) is 5.73 Å². The highest BCUT2D eigenvalue weighted by Crippen LogP contribution is 2.23. The Kier molecular flexibility index (Phi) is 4.69. The number of carbonyl (C=O) groups is 3. The van der Waals surface area contributed by atoms with E-state index in [9.17, 15) is 14.4 Å².